The zero-order valence-corrected chi connectivity index (χ0v) is 19.9. The first-order valence-electron chi connectivity index (χ1n) is 11.3. The van der Waals surface area contributed by atoms with Crippen molar-refractivity contribution in [3.8, 4) is 17.6 Å². The third-order valence-electron chi connectivity index (χ3n) is 6.08. The standard InChI is InChI=1S/C26H27N5O4/c1-4-13-30(2)22(27)18-7-5-17(6-8-18)11-12-26(24(33)28-25(34)29-26)16-31-15-19-9-10-20(35-3)14-21(19)23(31)32/h5-10,14,27H,4,13,15-16H2,1-3H3,(H2,28,29,33,34)/t26-/m1/s1. The Morgan fingerprint density at radius 3 is 2.57 bits per heavy atom. The molecular formula is C26H27N5O4. The van der Waals surface area contributed by atoms with Gasteiger partial charge >= 0.3 is 6.03 Å². The van der Waals surface area contributed by atoms with E-state index in [0.717, 1.165) is 24.1 Å². The second-order valence-corrected chi connectivity index (χ2v) is 8.60. The summed E-state index contributed by atoms with van der Waals surface area (Å²) in [4.78, 5) is 41.2. The molecule has 4 rings (SSSR count). The van der Waals surface area contributed by atoms with Gasteiger partial charge in [0, 0.05) is 36.8 Å². The Hall–Kier alpha value is -4.32. The van der Waals surface area contributed by atoms with Gasteiger partial charge in [0.25, 0.3) is 11.8 Å². The lowest BCUT2D eigenvalue weighted by atomic mass is 9.99. The SMILES string of the molecule is CCCN(C)C(=N)c1ccc(C#C[C@]2(CN3Cc4ccc(OC)cc4C3=O)NC(=O)NC2=O)cc1. The van der Waals surface area contributed by atoms with Crippen LogP contribution in [0.2, 0.25) is 0 Å². The molecule has 2 aliphatic rings. The van der Waals surface area contributed by atoms with Crippen LogP contribution in [0.25, 0.3) is 0 Å². The highest BCUT2D eigenvalue weighted by molar-refractivity contribution is 6.10. The molecule has 180 valence electrons. The van der Waals surface area contributed by atoms with Crippen molar-refractivity contribution in [2.75, 3.05) is 27.2 Å². The molecule has 9 nitrogen and oxygen atoms in total. The Bertz CT molecular complexity index is 1260. The normalized spacial score (nSPS) is 18.4. The number of benzene rings is 2. The van der Waals surface area contributed by atoms with Crippen LogP contribution in [0.1, 0.15) is 40.4 Å². The number of carbonyl (C=O) groups is 3. The first kappa shape index (κ1) is 23.8. The molecule has 2 heterocycles. The van der Waals surface area contributed by atoms with Gasteiger partial charge in [0.1, 0.15) is 11.6 Å². The number of methoxy groups -OCH3 is 1. The van der Waals surface area contributed by atoms with E-state index in [4.69, 9.17) is 10.1 Å². The molecule has 35 heavy (non-hydrogen) atoms. The molecule has 1 fully saturated rings. The maximum absolute atomic E-state index is 13.0. The molecule has 2 aliphatic heterocycles. The predicted molar refractivity (Wildman–Crippen MR) is 130 cm³/mol. The zero-order chi connectivity index (χ0) is 25.2. The topological polar surface area (TPSA) is 115 Å². The summed E-state index contributed by atoms with van der Waals surface area (Å²) in [6.45, 7) is 3.04. The van der Waals surface area contributed by atoms with Gasteiger partial charge in [0.05, 0.1) is 13.7 Å². The summed E-state index contributed by atoms with van der Waals surface area (Å²) in [5, 5.41) is 13.1. The van der Waals surface area contributed by atoms with Crippen LogP contribution < -0.4 is 15.4 Å². The lowest BCUT2D eigenvalue weighted by Crippen LogP contribution is -2.54. The smallest absolute Gasteiger partial charge is 0.323 e. The summed E-state index contributed by atoms with van der Waals surface area (Å²) >= 11 is 0. The van der Waals surface area contributed by atoms with Crippen molar-refractivity contribution >= 4 is 23.7 Å². The van der Waals surface area contributed by atoms with Crippen LogP contribution in [-0.2, 0) is 11.3 Å². The average molecular weight is 474 g/mol. The number of nitrogens with zero attached hydrogens (tertiary/aromatic N) is 2. The first-order chi connectivity index (χ1) is 16.8. The Morgan fingerprint density at radius 1 is 1.20 bits per heavy atom. The lowest BCUT2D eigenvalue weighted by Gasteiger charge is -2.26. The van der Waals surface area contributed by atoms with Gasteiger partial charge in [0.2, 0.25) is 5.54 Å². The summed E-state index contributed by atoms with van der Waals surface area (Å²) in [6.07, 6.45) is 0.941. The molecule has 0 spiro atoms. The Kier molecular flexibility index (Phi) is 6.47. The summed E-state index contributed by atoms with van der Waals surface area (Å²) in [5.74, 6) is 5.98. The fourth-order valence-corrected chi connectivity index (χ4v) is 4.17. The lowest BCUT2D eigenvalue weighted by molar-refractivity contribution is -0.122. The van der Waals surface area contributed by atoms with Crippen LogP contribution in [0.3, 0.4) is 0 Å². The second-order valence-electron chi connectivity index (χ2n) is 8.60. The van der Waals surface area contributed by atoms with E-state index in [9.17, 15) is 14.4 Å². The van der Waals surface area contributed by atoms with Crippen LogP contribution in [0.4, 0.5) is 4.79 Å². The van der Waals surface area contributed by atoms with E-state index in [1.165, 1.54) is 12.0 Å². The number of nitrogens with one attached hydrogen (secondary N) is 3. The average Bonchev–Trinajstić information content (AvgIpc) is 3.31. The highest BCUT2D eigenvalue weighted by atomic mass is 16.5. The summed E-state index contributed by atoms with van der Waals surface area (Å²) < 4.78 is 5.21. The van der Waals surface area contributed by atoms with E-state index in [1.807, 2.05) is 18.0 Å². The number of imide groups is 1. The van der Waals surface area contributed by atoms with Crippen molar-refractivity contribution in [1.82, 2.24) is 20.4 Å². The van der Waals surface area contributed by atoms with E-state index < -0.39 is 17.5 Å². The number of rotatable bonds is 6. The molecule has 2 aromatic rings. The van der Waals surface area contributed by atoms with E-state index in [0.29, 0.717) is 29.3 Å². The molecule has 9 heteroatoms. The Labute approximate surface area is 203 Å². The number of hydrogen-bond acceptors (Lipinski definition) is 5. The molecule has 1 saturated heterocycles. The van der Waals surface area contributed by atoms with Crippen LogP contribution in [0.15, 0.2) is 42.5 Å². The third kappa shape index (κ3) is 4.68. The van der Waals surface area contributed by atoms with Crippen molar-refractivity contribution in [3.05, 3.63) is 64.7 Å². The molecule has 0 aliphatic carbocycles. The molecule has 0 unspecified atom stereocenters. The Balaban J connectivity index is 1.57. The fourth-order valence-electron chi connectivity index (χ4n) is 4.17. The van der Waals surface area contributed by atoms with Gasteiger partial charge in [-0.3, -0.25) is 20.3 Å². The van der Waals surface area contributed by atoms with Crippen LogP contribution >= 0.6 is 0 Å². The minimum Gasteiger partial charge on any atom is -0.497 e. The van der Waals surface area contributed by atoms with Gasteiger partial charge in [-0.1, -0.05) is 37.0 Å². The highest BCUT2D eigenvalue weighted by Crippen LogP contribution is 2.28. The quantitative estimate of drug-likeness (QED) is 0.257. The summed E-state index contributed by atoms with van der Waals surface area (Å²) in [5.41, 5.74) is 1.11. The van der Waals surface area contributed by atoms with E-state index in [-0.39, 0.29) is 12.5 Å². The number of amidine groups is 1. The van der Waals surface area contributed by atoms with E-state index in [1.54, 1.807) is 36.4 Å². The molecule has 3 N–H and O–H groups in total. The number of carbonyl (C=O) groups excluding carboxylic acids is 3. The van der Waals surface area contributed by atoms with Crippen LogP contribution in [-0.4, -0.2) is 66.3 Å². The van der Waals surface area contributed by atoms with Gasteiger partial charge in [-0.2, -0.15) is 0 Å². The minimum absolute atomic E-state index is 0.0993. The molecule has 0 aromatic heterocycles. The molecule has 1 atom stereocenters. The zero-order valence-electron chi connectivity index (χ0n) is 19.9. The van der Waals surface area contributed by atoms with Gasteiger partial charge in [-0.05, 0) is 36.2 Å². The maximum atomic E-state index is 13.0. The summed E-state index contributed by atoms with van der Waals surface area (Å²) in [6, 6.07) is 11.7. The van der Waals surface area contributed by atoms with Gasteiger partial charge in [-0.25, -0.2) is 4.79 Å². The van der Waals surface area contributed by atoms with Gasteiger partial charge in [-0.15, -0.1) is 0 Å². The van der Waals surface area contributed by atoms with E-state index >= 15 is 0 Å². The van der Waals surface area contributed by atoms with E-state index in [2.05, 4.69) is 29.4 Å². The number of ether oxygens (including phenoxy) is 1. The number of amides is 4. The van der Waals surface area contributed by atoms with Crippen molar-refractivity contribution in [2.45, 2.75) is 25.4 Å². The Morgan fingerprint density at radius 2 is 1.94 bits per heavy atom. The summed E-state index contributed by atoms with van der Waals surface area (Å²) in [7, 11) is 3.40. The third-order valence-corrected chi connectivity index (χ3v) is 6.08. The van der Waals surface area contributed by atoms with Gasteiger partial charge in [0.15, 0.2) is 0 Å². The second kappa shape index (κ2) is 9.50. The molecular weight excluding hydrogens is 446 g/mol. The number of fused-ring (bicyclic) bond motifs is 1. The molecule has 0 bridgehead atoms. The number of hydrogen-bond donors (Lipinski definition) is 3. The maximum Gasteiger partial charge on any atom is 0.323 e. The van der Waals surface area contributed by atoms with Gasteiger partial charge < -0.3 is 19.9 Å². The van der Waals surface area contributed by atoms with Crippen molar-refractivity contribution in [1.29, 1.82) is 5.41 Å². The monoisotopic (exact) mass is 473 g/mol. The minimum atomic E-state index is -1.58. The van der Waals surface area contributed by atoms with Crippen molar-refractivity contribution < 1.29 is 19.1 Å². The molecule has 0 radical (unpaired) electrons. The van der Waals surface area contributed by atoms with Crippen molar-refractivity contribution in [3.63, 3.8) is 0 Å². The first-order valence-corrected chi connectivity index (χ1v) is 11.3. The largest absolute Gasteiger partial charge is 0.497 e. The highest BCUT2D eigenvalue weighted by Gasteiger charge is 2.48. The predicted octanol–water partition coefficient (Wildman–Crippen LogP) is 1.95. The van der Waals surface area contributed by atoms with Crippen LogP contribution in [0, 0.1) is 17.3 Å². The van der Waals surface area contributed by atoms with Crippen LogP contribution in [0.5, 0.6) is 5.75 Å². The number of urea groups is 1. The molecule has 0 saturated carbocycles. The van der Waals surface area contributed by atoms with Crippen molar-refractivity contribution in [2.24, 2.45) is 0 Å². The molecule has 2 aromatic carbocycles. The molecule has 4 amide bonds. The fraction of sp³-hybridized carbons (Fsp3) is 0.308.